The highest BCUT2D eigenvalue weighted by Crippen LogP contribution is 2.14. The molecule has 0 saturated carbocycles. The van der Waals surface area contributed by atoms with Crippen LogP contribution in [0.25, 0.3) is 5.65 Å². The fraction of sp³-hybridized carbons (Fsp3) is 0.545. The molecular formula is C11H16N8O. The van der Waals surface area contributed by atoms with Crippen molar-refractivity contribution in [2.24, 2.45) is 5.73 Å². The molecule has 0 aromatic carbocycles. The number of hydrogen-bond donors (Lipinski definition) is 2. The van der Waals surface area contributed by atoms with Gasteiger partial charge in [0, 0.05) is 19.1 Å². The maximum Gasteiger partial charge on any atom is 0.231 e. The molecule has 0 bridgehead atoms. The van der Waals surface area contributed by atoms with E-state index in [1.165, 1.54) is 4.63 Å². The minimum Gasteiger partial charge on any atom is -0.369 e. The minimum absolute atomic E-state index is 0.276. The number of nitrogens with two attached hydrogens (primary N) is 1. The summed E-state index contributed by atoms with van der Waals surface area (Å²) in [5.74, 6) is 0.473. The van der Waals surface area contributed by atoms with Gasteiger partial charge in [-0.1, -0.05) is 0 Å². The minimum atomic E-state index is -0.276. The number of carbonyl (C=O) groups excluding carboxylic acids is 1. The van der Waals surface area contributed by atoms with Crippen molar-refractivity contribution in [2.75, 3.05) is 25.0 Å². The van der Waals surface area contributed by atoms with Crippen LogP contribution in [0.1, 0.15) is 12.8 Å². The van der Waals surface area contributed by atoms with Crippen molar-refractivity contribution in [1.29, 1.82) is 0 Å². The number of likely N-dealkylation sites (tertiary alicyclic amines) is 1. The third-order valence-electron chi connectivity index (χ3n) is 3.39. The molecule has 0 spiro atoms. The van der Waals surface area contributed by atoms with Crippen molar-refractivity contribution in [3.63, 3.8) is 0 Å². The standard InChI is InChI=1S/C11H16N8O/c12-9(20)7-18-5-3-8(4-6-18)13-10-1-2-11-14-16-17-19(11)15-10/h1-2,8H,3-7H2,(H2,12,20)(H,13,15). The van der Waals surface area contributed by atoms with Gasteiger partial charge in [-0.15, -0.1) is 14.8 Å². The Hall–Kier alpha value is -2.29. The predicted octanol–water partition coefficient (Wildman–Crippen LogP) is -1.12. The lowest BCUT2D eigenvalue weighted by Gasteiger charge is -2.31. The van der Waals surface area contributed by atoms with Crippen molar-refractivity contribution in [2.45, 2.75) is 18.9 Å². The zero-order valence-corrected chi connectivity index (χ0v) is 10.9. The normalized spacial score (nSPS) is 17.4. The van der Waals surface area contributed by atoms with Gasteiger partial charge in [-0.3, -0.25) is 9.69 Å². The molecule has 2 aromatic rings. The molecular weight excluding hydrogens is 260 g/mol. The van der Waals surface area contributed by atoms with Gasteiger partial charge in [0.25, 0.3) is 0 Å². The summed E-state index contributed by atoms with van der Waals surface area (Å²) in [6, 6.07) is 4.01. The average molecular weight is 276 g/mol. The molecule has 1 aliphatic rings. The van der Waals surface area contributed by atoms with Gasteiger partial charge in [-0.25, -0.2) is 0 Å². The van der Waals surface area contributed by atoms with E-state index in [9.17, 15) is 4.79 Å². The Balaban J connectivity index is 1.57. The summed E-state index contributed by atoms with van der Waals surface area (Å²) in [6.45, 7) is 2.04. The first-order chi connectivity index (χ1) is 9.70. The fourth-order valence-corrected chi connectivity index (χ4v) is 2.39. The Morgan fingerprint density at radius 3 is 2.95 bits per heavy atom. The molecule has 3 rings (SSSR count). The lowest BCUT2D eigenvalue weighted by molar-refractivity contribution is -0.119. The van der Waals surface area contributed by atoms with E-state index >= 15 is 0 Å². The highest BCUT2D eigenvalue weighted by molar-refractivity contribution is 5.75. The second kappa shape index (κ2) is 5.37. The third-order valence-corrected chi connectivity index (χ3v) is 3.39. The van der Waals surface area contributed by atoms with E-state index < -0.39 is 0 Å². The lowest BCUT2D eigenvalue weighted by Crippen LogP contribution is -2.43. The van der Waals surface area contributed by atoms with Gasteiger partial charge in [-0.05, 0) is 35.4 Å². The number of rotatable bonds is 4. The first-order valence-corrected chi connectivity index (χ1v) is 6.53. The first kappa shape index (κ1) is 12.7. The third kappa shape index (κ3) is 2.82. The second-order valence-electron chi connectivity index (χ2n) is 4.91. The summed E-state index contributed by atoms with van der Waals surface area (Å²) >= 11 is 0. The van der Waals surface area contributed by atoms with Crippen molar-refractivity contribution in [3.05, 3.63) is 12.1 Å². The maximum absolute atomic E-state index is 10.9. The average Bonchev–Trinajstić information content (AvgIpc) is 2.88. The number of carbonyl (C=O) groups is 1. The van der Waals surface area contributed by atoms with E-state index in [4.69, 9.17) is 5.73 Å². The molecule has 2 aromatic heterocycles. The number of aromatic nitrogens is 5. The molecule has 9 heteroatoms. The van der Waals surface area contributed by atoms with E-state index in [-0.39, 0.29) is 5.91 Å². The summed E-state index contributed by atoms with van der Waals surface area (Å²) in [6.07, 6.45) is 1.89. The largest absolute Gasteiger partial charge is 0.369 e. The highest BCUT2D eigenvalue weighted by Gasteiger charge is 2.20. The van der Waals surface area contributed by atoms with Gasteiger partial charge in [0.2, 0.25) is 5.91 Å². The highest BCUT2D eigenvalue weighted by atomic mass is 16.1. The summed E-state index contributed by atoms with van der Waals surface area (Å²) in [5, 5.41) is 18.8. The van der Waals surface area contributed by atoms with Crippen molar-refractivity contribution < 1.29 is 4.79 Å². The van der Waals surface area contributed by atoms with E-state index in [0.717, 1.165) is 31.7 Å². The van der Waals surface area contributed by atoms with Crippen molar-refractivity contribution >= 4 is 17.4 Å². The molecule has 106 valence electrons. The number of primary amides is 1. The van der Waals surface area contributed by atoms with E-state index in [0.29, 0.717) is 18.2 Å². The summed E-state index contributed by atoms with van der Waals surface area (Å²) in [7, 11) is 0. The van der Waals surface area contributed by atoms with Crippen LogP contribution >= 0.6 is 0 Å². The van der Waals surface area contributed by atoms with Crippen molar-refractivity contribution in [3.8, 4) is 0 Å². The van der Waals surface area contributed by atoms with Crippen LogP contribution in [0.5, 0.6) is 0 Å². The van der Waals surface area contributed by atoms with E-state index in [1.807, 2.05) is 12.1 Å². The van der Waals surface area contributed by atoms with Gasteiger partial charge < -0.3 is 11.1 Å². The number of hydrogen-bond acceptors (Lipinski definition) is 7. The first-order valence-electron chi connectivity index (χ1n) is 6.53. The van der Waals surface area contributed by atoms with Gasteiger partial charge in [0.1, 0.15) is 5.82 Å². The molecule has 0 radical (unpaired) electrons. The molecule has 1 fully saturated rings. The fourth-order valence-electron chi connectivity index (χ4n) is 2.39. The quantitative estimate of drug-likeness (QED) is 0.727. The molecule has 0 aliphatic carbocycles. The molecule has 0 atom stereocenters. The van der Waals surface area contributed by atoms with Crippen LogP contribution in [0.2, 0.25) is 0 Å². The monoisotopic (exact) mass is 276 g/mol. The van der Waals surface area contributed by atoms with E-state index in [2.05, 4.69) is 30.8 Å². The van der Waals surface area contributed by atoms with Crippen LogP contribution in [-0.2, 0) is 4.79 Å². The molecule has 3 N–H and O–H groups in total. The molecule has 0 unspecified atom stereocenters. The van der Waals surface area contributed by atoms with Crippen LogP contribution < -0.4 is 11.1 Å². The summed E-state index contributed by atoms with van der Waals surface area (Å²) in [5.41, 5.74) is 5.81. The van der Waals surface area contributed by atoms with Gasteiger partial charge in [-0.2, -0.15) is 0 Å². The maximum atomic E-state index is 10.9. The Bertz CT molecular complexity index is 603. The number of anilines is 1. The van der Waals surface area contributed by atoms with Gasteiger partial charge >= 0.3 is 0 Å². The number of nitrogens with zero attached hydrogens (tertiary/aromatic N) is 6. The number of piperidine rings is 1. The Morgan fingerprint density at radius 2 is 2.20 bits per heavy atom. The van der Waals surface area contributed by atoms with Crippen LogP contribution in [0, 0.1) is 0 Å². The summed E-state index contributed by atoms with van der Waals surface area (Å²) in [4.78, 5) is 12.9. The molecule has 3 heterocycles. The smallest absolute Gasteiger partial charge is 0.231 e. The number of amides is 1. The number of fused-ring (bicyclic) bond motifs is 1. The molecule has 20 heavy (non-hydrogen) atoms. The topological polar surface area (TPSA) is 114 Å². The SMILES string of the molecule is NC(=O)CN1CCC(Nc2ccc3nnnn3n2)CC1. The van der Waals surface area contributed by atoms with E-state index in [1.54, 1.807) is 0 Å². The van der Waals surface area contributed by atoms with Crippen LogP contribution in [-0.4, -0.2) is 61.7 Å². The van der Waals surface area contributed by atoms with Gasteiger partial charge in [0.05, 0.1) is 6.54 Å². The second-order valence-corrected chi connectivity index (χ2v) is 4.91. The lowest BCUT2D eigenvalue weighted by atomic mass is 10.1. The Morgan fingerprint density at radius 1 is 1.40 bits per heavy atom. The van der Waals surface area contributed by atoms with Crippen LogP contribution in [0.3, 0.4) is 0 Å². The number of tetrazole rings is 1. The Labute approximate surface area is 115 Å². The zero-order valence-electron chi connectivity index (χ0n) is 10.9. The van der Waals surface area contributed by atoms with Crippen molar-refractivity contribution in [1.82, 2.24) is 30.2 Å². The number of nitrogens with one attached hydrogen (secondary N) is 1. The molecule has 1 aliphatic heterocycles. The van der Waals surface area contributed by atoms with Gasteiger partial charge in [0.15, 0.2) is 5.65 Å². The zero-order chi connectivity index (χ0) is 13.9. The molecule has 9 nitrogen and oxygen atoms in total. The summed E-state index contributed by atoms with van der Waals surface area (Å²) < 4.78 is 1.39. The van der Waals surface area contributed by atoms with Crippen LogP contribution in [0.4, 0.5) is 5.82 Å². The molecule has 1 amide bonds. The van der Waals surface area contributed by atoms with Crippen LogP contribution in [0.15, 0.2) is 12.1 Å². The molecule has 1 saturated heterocycles. The predicted molar refractivity (Wildman–Crippen MR) is 70.9 cm³/mol. The Kier molecular flexibility index (Phi) is 3.42.